The van der Waals surface area contributed by atoms with Crippen LogP contribution in [0.5, 0.6) is 5.75 Å². The number of likely N-dealkylation sites (N-methyl/N-ethyl adjacent to an activating group) is 1. The van der Waals surface area contributed by atoms with Gasteiger partial charge in [0.1, 0.15) is 5.75 Å². The monoisotopic (exact) mass is 455 g/mol. The first-order chi connectivity index (χ1) is 14.5. The molecule has 0 N–H and O–H groups in total. The fourth-order valence-electron chi connectivity index (χ4n) is 3.47. The van der Waals surface area contributed by atoms with Gasteiger partial charge in [-0.15, -0.1) is 12.4 Å². The van der Waals surface area contributed by atoms with Crippen LogP contribution in [0.15, 0.2) is 60.7 Å². The lowest BCUT2D eigenvalue weighted by molar-refractivity contribution is -0.118. The molecule has 31 heavy (non-hydrogen) atoms. The number of rotatable bonds is 7. The van der Waals surface area contributed by atoms with E-state index in [1.807, 2.05) is 61.5 Å². The van der Waals surface area contributed by atoms with E-state index in [2.05, 4.69) is 23.1 Å². The van der Waals surface area contributed by atoms with Gasteiger partial charge in [-0.2, -0.15) is 0 Å². The van der Waals surface area contributed by atoms with Crippen molar-refractivity contribution in [1.82, 2.24) is 9.88 Å². The topological polar surface area (TPSA) is 45.7 Å². The van der Waals surface area contributed by atoms with Gasteiger partial charge < -0.3 is 9.64 Å². The highest BCUT2D eigenvalue weighted by Crippen LogP contribution is 2.32. The maximum absolute atomic E-state index is 13.4. The van der Waals surface area contributed by atoms with Gasteiger partial charge in [0.05, 0.1) is 23.7 Å². The Balaban J connectivity index is 0.00000272. The molecule has 0 aliphatic rings. The summed E-state index contributed by atoms with van der Waals surface area (Å²) < 4.78 is 6.34. The first kappa shape index (κ1) is 23.0. The summed E-state index contributed by atoms with van der Waals surface area (Å²) >= 11 is 1.52. The zero-order chi connectivity index (χ0) is 21.1. The predicted molar refractivity (Wildman–Crippen MR) is 132 cm³/mol. The molecule has 0 fully saturated rings. The lowest BCUT2D eigenvalue weighted by Gasteiger charge is -2.22. The average Bonchev–Trinajstić information content (AvgIpc) is 3.16. The smallest absolute Gasteiger partial charge is 0.233 e. The van der Waals surface area contributed by atoms with Crippen LogP contribution in [0.25, 0.3) is 21.0 Å². The van der Waals surface area contributed by atoms with Gasteiger partial charge in [-0.3, -0.25) is 9.69 Å². The normalized spacial score (nSPS) is 11.0. The van der Waals surface area contributed by atoms with Crippen molar-refractivity contribution < 1.29 is 9.53 Å². The molecule has 4 aromatic rings. The second-order valence-corrected chi connectivity index (χ2v) is 8.50. The Morgan fingerprint density at radius 1 is 1.03 bits per heavy atom. The Bertz CT molecular complexity index is 1190. The number of amides is 1. The molecular weight excluding hydrogens is 430 g/mol. The van der Waals surface area contributed by atoms with Crippen LogP contribution in [0.4, 0.5) is 5.13 Å². The van der Waals surface area contributed by atoms with E-state index in [1.54, 1.807) is 7.11 Å². The minimum absolute atomic E-state index is 0. The number of halogens is 1. The van der Waals surface area contributed by atoms with Crippen LogP contribution in [0, 0.1) is 0 Å². The zero-order valence-corrected chi connectivity index (χ0v) is 19.5. The summed E-state index contributed by atoms with van der Waals surface area (Å²) in [6.07, 6.45) is 0.341. The summed E-state index contributed by atoms with van der Waals surface area (Å²) in [6.45, 7) is 1.36. The molecule has 5 nitrogen and oxygen atoms in total. The number of benzene rings is 3. The maximum atomic E-state index is 13.4. The fourth-order valence-corrected chi connectivity index (χ4v) is 4.50. The van der Waals surface area contributed by atoms with Crippen LogP contribution in [-0.2, 0) is 11.2 Å². The van der Waals surface area contributed by atoms with Gasteiger partial charge in [0.25, 0.3) is 0 Å². The summed E-state index contributed by atoms with van der Waals surface area (Å²) in [6, 6.07) is 20.1. The van der Waals surface area contributed by atoms with Gasteiger partial charge in [-0.25, -0.2) is 4.98 Å². The Morgan fingerprint density at radius 2 is 1.81 bits per heavy atom. The van der Waals surface area contributed by atoms with E-state index in [0.29, 0.717) is 13.0 Å². The van der Waals surface area contributed by atoms with E-state index in [0.717, 1.165) is 44.0 Å². The average molecular weight is 456 g/mol. The highest BCUT2D eigenvalue weighted by molar-refractivity contribution is 7.22. The highest BCUT2D eigenvalue weighted by atomic mass is 35.5. The fraction of sp³-hybridized carbons (Fsp3) is 0.250. The van der Waals surface area contributed by atoms with Crippen LogP contribution >= 0.6 is 23.7 Å². The molecule has 1 heterocycles. The molecular formula is C24H26ClN3O2S. The lowest BCUT2D eigenvalue weighted by Crippen LogP contribution is -2.37. The summed E-state index contributed by atoms with van der Waals surface area (Å²) in [4.78, 5) is 22.1. The van der Waals surface area contributed by atoms with Crippen molar-refractivity contribution in [2.24, 2.45) is 0 Å². The van der Waals surface area contributed by atoms with Crippen molar-refractivity contribution in [2.75, 3.05) is 39.2 Å². The number of hydrogen-bond donors (Lipinski definition) is 0. The Hall–Kier alpha value is -2.67. The minimum Gasteiger partial charge on any atom is -0.497 e. The third-order valence-corrected chi connectivity index (χ3v) is 6.15. The summed E-state index contributed by atoms with van der Waals surface area (Å²) in [5.41, 5.74) is 1.92. The molecule has 3 aromatic carbocycles. The Kier molecular flexibility index (Phi) is 7.49. The molecule has 0 saturated heterocycles. The summed E-state index contributed by atoms with van der Waals surface area (Å²) in [5, 5.41) is 3.00. The van der Waals surface area contributed by atoms with Crippen LogP contribution in [0.3, 0.4) is 0 Å². The van der Waals surface area contributed by atoms with Gasteiger partial charge in [-0.1, -0.05) is 53.8 Å². The number of anilines is 1. The molecule has 4 rings (SSSR count). The van der Waals surface area contributed by atoms with Crippen LogP contribution in [0.2, 0.25) is 0 Å². The Morgan fingerprint density at radius 3 is 2.58 bits per heavy atom. The van der Waals surface area contributed by atoms with E-state index in [1.165, 1.54) is 11.3 Å². The highest BCUT2D eigenvalue weighted by Gasteiger charge is 2.21. The molecule has 1 amide bonds. The second kappa shape index (κ2) is 10.1. The van der Waals surface area contributed by atoms with E-state index in [9.17, 15) is 4.79 Å². The number of methoxy groups -OCH3 is 1. The SMILES string of the molecule is COc1ccc2nc(N(CCN(C)C)C(=O)Cc3cccc4ccccc34)sc2c1.Cl. The van der Waals surface area contributed by atoms with Crippen molar-refractivity contribution in [3.05, 3.63) is 66.2 Å². The number of thiazole rings is 1. The van der Waals surface area contributed by atoms with E-state index < -0.39 is 0 Å². The quantitative estimate of drug-likeness (QED) is 0.392. The Labute approximate surface area is 192 Å². The minimum atomic E-state index is 0. The van der Waals surface area contributed by atoms with Crippen LogP contribution in [-0.4, -0.2) is 50.1 Å². The van der Waals surface area contributed by atoms with E-state index >= 15 is 0 Å². The molecule has 0 aliphatic heterocycles. The van der Waals surface area contributed by atoms with Crippen molar-refractivity contribution in [2.45, 2.75) is 6.42 Å². The molecule has 0 spiro atoms. The van der Waals surface area contributed by atoms with E-state index in [-0.39, 0.29) is 18.3 Å². The largest absolute Gasteiger partial charge is 0.497 e. The van der Waals surface area contributed by atoms with Gasteiger partial charge in [0, 0.05) is 13.1 Å². The maximum Gasteiger partial charge on any atom is 0.233 e. The molecule has 0 radical (unpaired) electrons. The van der Waals surface area contributed by atoms with Gasteiger partial charge in [0.2, 0.25) is 5.91 Å². The van der Waals surface area contributed by atoms with Crippen molar-refractivity contribution >= 4 is 55.8 Å². The zero-order valence-electron chi connectivity index (χ0n) is 17.9. The molecule has 0 unspecified atom stereocenters. The standard InChI is InChI=1S/C24H25N3O2S.ClH/c1-26(2)13-14-27(24-25-21-12-11-19(29-3)16-22(21)30-24)23(28)15-18-9-6-8-17-7-4-5-10-20(17)18;/h4-12,16H,13-15H2,1-3H3;1H. The lowest BCUT2D eigenvalue weighted by atomic mass is 10.0. The number of carbonyl (C=O) groups is 1. The molecule has 0 atom stereocenters. The number of nitrogens with zero attached hydrogens (tertiary/aromatic N) is 3. The van der Waals surface area contributed by atoms with Gasteiger partial charge in [-0.05, 0) is 48.6 Å². The first-order valence-electron chi connectivity index (χ1n) is 9.91. The van der Waals surface area contributed by atoms with E-state index in [4.69, 9.17) is 9.72 Å². The van der Waals surface area contributed by atoms with Crippen LogP contribution in [0.1, 0.15) is 5.56 Å². The summed E-state index contributed by atoms with van der Waals surface area (Å²) in [7, 11) is 5.67. The van der Waals surface area contributed by atoms with Crippen molar-refractivity contribution in [3.63, 3.8) is 0 Å². The molecule has 162 valence electrons. The first-order valence-corrected chi connectivity index (χ1v) is 10.7. The van der Waals surface area contributed by atoms with Crippen LogP contribution < -0.4 is 9.64 Å². The molecule has 0 saturated carbocycles. The molecule has 7 heteroatoms. The van der Waals surface area contributed by atoms with Crippen molar-refractivity contribution in [3.8, 4) is 5.75 Å². The second-order valence-electron chi connectivity index (χ2n) is 7.49. The van der Waals surface area contributed by atoms with Gasteiger partial charge in [0.15, 0.2) is 5.13 Å². The number of fused-ring (bicyclic) bond motifs is 2. The van der Waals surface area contributed by atoms with Crippen molar-refractivity contribution in [1.29, 1.82) is 0 Å². The number of hydrogen-bond acceptors (Lipinski definition) is 5. The molecule has 0 aliphatic carbocycles. The van der Waals surface area contributed by atoms with Gasteiger partial charge >= 0.3 is 0 Å². The molecule has 0 bridgehead atoms. The third kappa shape index (κ3) is 5.15. The third-order valence-electron chi connectivity index (χ3n) is 5.11. The number of carbonyl (C=O) groups excluding carboxylic acids is 1. The number of aromatic nitrogens is 1. The predicted octanol–water partition coefficient (Wildman–Crippen LogP) is 5.02. The number of ether oxygens (including phenoxy) is 1. The summed E-state index contributed by atoms with van der Waals surface area (Å²) in [5.74, 6) is 0.846. The molecule has 1 aromatic heterocycles.